The standard InChI is InChI=1S/C17H27N3O3S/c21-15(22)14-12-17(23-19-14)8-10-20(11-9-17)16(24)18-13-6-4-2-1-3-5-7-13/h13H,1-12H2,(H,18,24)(H,21,22). The first-order valence-corrected chi connectivity index (χ1v) is 9.53. The predicted molar refractivity (Wildman–Crippen MR) is 96.2 cm³/mol. The van der Waals surface area contributed by atoms with Gasteiger partial charge in [0.2, 0.25) is 0 Å². The Bertz CT molecular complexity index is 507. The molecule has 0 aromatic rings. The summed E-state index contributed by atoms with van der Waals surface area (Å²) in [5.41, 5.74) is -0.293. The van der Waals surface area contributed by atoms with Crippen LogP contribution in [0.1, 0.15) is 64.2 Å². The Hall–Kier alpha value is -1.37. The molecule has 0 amide bonds. The van der Waals surface area contributed by atoms with Crippen LogP contribution in [0.15, 0.2) is 5.16 Å². The smallest absolute Gasteiger partial charge is 0.353 e. The van der Waals surface area contributed by atoms with Crippen molar-refractivity contribution in [1.82, 2.24) is 10.2 Å². The van der Waals surface area contributed by atoms with E-state index in [2.05, 4.69) is 15.4 Å². The number of rotatable bonds is 2. The quantitative estimate of drug-likeness (QED) is 0.744. The summed E-state index contributed by atoms with van der Waals surface area (Å²) in [6.07, 6.45) is 10.9. The van der Waals surface area contributed by atoms with Gasteiger partial charge < -0.3 is 20.2 Å². The minimum Gasteiger partial charge on any atom is -0.477 e. The van der Waals surface area contributed by atoms with Crippen LogP contribution in [0.3, 0.4) is 0 Å². The maximum atomic E-state index is 11.0. The number of nitrogens with zero attached hydrogens (tertiary/aromatic N) is 2. The lowest BCUT2D eigenvalue weighted by Crippen LogP contribution is -2.51. The molecule has 2 fully saturated rings. The van der Waals surface area contributed by atoms with Crippen molar-refractivity contribution < 1.29 is 14.7 Å². The van der Waals surface area contributed by atoms with Crippen molar-refractivity contribution in [2.45, 2.75) is 75.9 Å². The monoisotopic (exact) mass is 353 g/mol. The lowest BCUT2D eigenvalue weighted by Gasteiger charge is -2.39. The minimum absolute atomic E-state index is 0.138. The van der Waals surface area contributed by atoms with Crippen LogP contribution in [0, 0.1) is 0 Å². The molecule has 0 unspecified atom stereocenters. The molecular formula is C17H27N3O3S. The number of nitrogens with one attached hydrogen (secondary N) is 1. The molecule has 1 saturated carbocycles. The first-order valence-electron chi connectivity index (χ1n) is 9.12. The second-order valence-corrected chi connectivity index (χ2v) is 7.66. The van der Waals surface area contributed by atoms with E-state index in [1.54, 1.807) is 0 Å². The molecule has 0 bridgehead atoms. The molecule has 7 heteroatoms. The number of thiocarbonyl (C=S) groups is 1. The number of hydrogen-bond acceptors (Lipinski definition) is 4. The lowest BCUT2D eigenvalue weighted by atomic mass is 9.87. The molecule has 1 aliphatic carbocycles. The van der Waals surface area contributed by atoms with Crippen LogP contribution in [0.25, 0.3) is 0 Å². The van der Waals surface area contributed by atoms with Crippen molar-refractivity contribution in [2.24, 2.45) is 5.16 Å². The van der Waals surface area contributed by atoms with E-state index in [4.69, 9.17) is 22.2 Å². The molecule has 1 saturated heterocycles. The van der Waals surface area contributed by atoms with Gasteiger partial charge in [0.25, 0.3) is 0 Å². The number of carbonyl (C=O) groups is 1. The first kappa shape index (κ1) is 17.5. The number of carboxylic acid groups (broad SMARTS) is 1. The van der Waals surface area contributed by atoms with E-state index < -0.39 is 11.6 Å². The third-order valence-electron chi connectivity index (χ3n) is 5.48. The van der Waals surface area contributed by atoms with Crippen molar-refractivity contribution in [3.8, 4) is 0 Å². The van der Waals surface area contributed by atoms with Crippen LogP contribution in [-0.4, -0.2) is 51.5 Å². The van der Waals surface area contributed by atoms with E-state index in [1.807, 2.05) is 0 Å². The molecule has 134 valence electrons. The summed E-state index contributed by atoms with van der Waals surface area (Å²) in [7, 11) is 0. The molecule has 0 atom stereocenters. The molecule has 2 N–H and O–H groups in total. The van der Waals surface area contributed by atoms with Gasteiger partial charge in [-0.05, 0) is 25.1 Å². The maximum Gasteiger partial charge on any atom is 0.353 e. The molecule has 1 spiro atoms. The number of aliphatic carboxylic acids is 1. The SMILES string of the molecule is O=C(O)C1=NOC2(CCN(C(=S)NC3CCCCCCC3)CC2)C1. The van der Waals surface area contributed by atoms with E-state index in [0.717, 1.165) is 31.0 Å². The van der Waals surface area contributed by atoms with Crippen LogP contribution in [-0.2, 0) is 9.63 Å². The molecule has 2 aliphatic heterocycles. The zero-order valence-corrected chi connectivity index (χ0v) is 14.9. The highest BCUT2D eigenvalue weighted by molar-refractivity contribution is 7.80. The second-order valence-electron chi connectivity index (χ2n) is 7.27. The Morgan fingerprint density at radius 3 is 2.42 bits per heavy atom. The Labute approximate surface area is 148 Å². The van der Waals surface area contributed by atoms with Crippen molar-refractivity contribution in [3.05, 3.63) is 0 Å². The van der Waals surface area contributed by atoms with Gasteiger partial charge >= 0.3 is 5.97 Å². The number of piperidine rings is 1. The van der Waals surface area contributed by atoms with Crippen LogP contribution in [0.4, 0.5) is 0 Å². The van der Waals surface area contributed by atoms with Gasteiger partial charge in [-0.25, -0.2) is 4.79 Å². The Balaban J connectivity index is 1.46. The van der Waals surface area contributed by atoms with Gasteiger partial charge in [-0.1, -0.05) is 37.3 Å². The van der Waals surface area contributed by atoms with Gasteiger partial charge in [-0.2, -0.15) is 0 Å². The Kier molecular flexibility index (Phi) is 5.58. The second kappa shape index (κ2) is 7.68. The fourth-order valence-corrected chi connectivity index (χ4v) is 4.24. The summed E-state index contributed by atoms with van der Waals surface area (Å²) in [5, 5.41) is 17.2. The number of oxime groups is 1. The van der Waals surface area contributed by atoms with Gasteiger partial charge in [0.1, 0.15) is 5.60 Å². The van der Waals surface area contributed by atoms with Crippen molar-refractivity contribution >= 4 is 29.0 Å². The van der Waals surface area contributed by atoms with E-state index in [-0.39, 0.29) is 5.71 Å². The van der Waals surface area contributed by atoms with Crippen LogP contribution >= 0.6 is 12.2 Å². The molecule has 2 heterocycles. The topological polar surface area (TPSA) is 74.2 Å². The molecule has 3 aliphatic rings. The van der Waals surface area contributed by atoms with E-state index in [9.17, 15) is 4.79 Å². The zero-order valence-electron chi connectivity index (χ0n) is 14.1. The average Bonchev–Trinajstić information content (AvgIpc) is 2.94. The fourth-order valence-electron chi connectivity index (χ4n) is 3.89. The maximum absolute atomic E-state index is 11.0. The molecule has 0 aromatic carbocycles. The summed E-state index contributed by atoms with van der Waals surface area (Å²) >= 11 is 5.61. The fraction of sp³-hybridized carbons (Fsp3) is 0.824. The summed E-state index contributed by atoms with van der Waals surface area (Å²) in [5.74, 6) is -0.976. The Morgan fingerprint density at radius 1 is 1.21 bits per heavy atom. The van der Waals surface area contributed by atoms with Crippen molar-refractivity contribution in [2.75, 3.05) is 13.1 Å². The molecular weight excluding hydrogens is 326 g/mol. The summed E-state index contributed by atoms with van der Waals surface area (Å²) in [6.45, 7) is 1.59. The van der Waals surface area contributed by atoms with Gasteiger partial charge in [0.15, 0.2) is 10.8 Å². The lowest BCUT2D eigenvalue weighted by molar-refractivity contribution is -0.129. The predicted octanol–water partition coefficient (Wildman–Crippen LogP) is 2.67. The van der Waals surface area contributed by atoms with Crippen LogP contribution in [0.5, 0.6) is 0 Å². The zero-order chi connectivity index (χ0) is 17.0. The third kappa shape index (κ3) is 4.18. The number of carboxylic acids is 1. The van der Waals surface area contributed by atoms with Crippen molar-refractivity contribution in [3.63, 3.8) is 0 Å². The van der Waals surface area contributed by atoms with Gasteiger partial charge in [-0.3, -0.25) is 0 Å². The molecule has 6 nitrogen and oxygen atoms in total. The van der Waals surface area contributed by atoms with Crippen LogP contribution < -0.4 is 5.32 Å². The van der Waals surface area contributed by atoms with Gasteiger partial charge in [0.05, 0.1) is 0 Å². The minimum atomic E-state index is -0.976. The van der Waals surface area contributed by atoms with Crippen molar-refractivity contribution in [1.29, 1.82) is 0 Å². The average molecular weight is 353 g/mol. The van der Waals surface area contributed by atoms with E-state index in [1.165, 1.54) is 44.9 Å². The highest BCUT2D eigenvalue weighted by Crippen LogP contribution is 2.34. The first-order chi connectivity index (χ1) is 11.6. The van der Waals surface area contributed by atoms with E-state index >= 15 is 0 Å². The highest BCUT2D eigenvalue weighted by atomic mass is 32.1. The molecule has 3 rings (SSSR count). The Morgan fingerprint density at radius 2 is 1.83 bits per heavy atom. The molecule has 0 aromatic heterocycles. The van der Waals surface area contributed by atoms with Crippen LogP contribution in [0.2, 0.25) is 0 Å². The van der Waals surface area contributed by atoms with Gasteiger partial charge in [-0.15, -0.1) is 0 Å². The number of hydrogen-bond donors (Lipinski definition) is 2. The highest BCUT2D eigenvalue weighted by Gasteiger charge is 2.44. The van der Waals surface area contributed by atoms with Gasteiger partial charge in [0, 0.05) is 38.4 Å². The summed E-state index contributed by atoms with van der Waals surface area (Å²) in [6, 6.07) is 0.498. The molecule has 24 heavy (non-hydrogen) atoms. The summed E-state index contributed by atoms with van der Waals surface area (Å²) < 4.78 is 0. The largest absolute Gasteiger partial charge is 0.477 e. The number of likely N-dealkylation sites (tertiary alicyclic amines) is 1. The summed E-state index contributed by atoms with van der Waals surface area (Å²) in [4.78, 5) is 18.7. The molecule has 0 radical (unpaired) electrons. The normalized spacial score (nSPS) is 24.7. The third-order valence-corrected chi connectivity index (χ3v) is 5.86. The van der Waals surface area contributed by atoms with E-state index in [0.29, 0.717) is 12.5 Å².